The van der Waals surface area contributed by atoms with E-state index < -0.39 is 0 Å². The molecule has 2 rings (SSSR count). The van der Waals surface area contributed by atoms with Crippen molar-refractivity contribution < 1.29 is 14.3 Å². The predicted molar refractivity (Wildman–Crippen MR) is 91.7 cm³/mol. The first-order valence-electron chi connectivity index (χ1n) is 7.91. The summed E-state index contributed by atoms with van der Waals surface area (Å²) in [4.78, 5) is 16.0. The van der Waals surface area contributed by atoms with Crippen molar-refractivity contribution in [3.8, 4) is 0 Å². The standard InChI is InChI=1S/C18H24N2O3/c1-13(2)23-10-6-9-19-17-11-14(12-18(21)22-3)20-16-8-5-4-7-15(16)17/h4-5,7-8,11,13H,6,9-10,12H2,1-3H3,(H,19,20). The van der Waals surface area contributed by atoms with Crippen LogP contribution < -0.4 is 5.32 Å². The molecule has 0 saturated heterocycles. The van der Waals surface area contributed by atoms with Crippen LogP contribution in [0.4, 0.5) is 5.69 Å². The van der Waals surface area contributed by atoms with Gasteiger partial charge in [-0.2, -0.15) is 0 Å². The van der Waals surface area contributed by atoms with Crippen LogP contribution in [-0.2, 0) is 20.7 Å². The maximum absolute atomic E-state index is 11.5. The molecule has 0 saturated carbocycles. The summed E-state index contributed by atoms with van der Waals surface area (Å²) in [5.74, 6) is -0.288. The smallest absolute Gasteiger partial charge is 0.311 e. The third-order valence-corrected chi connectivity index (χ3v) is 3.41. The predicted octanol–water partition coefficient (Wildman–Crippen LogP) is 3.18. The SMILES string of the molecule is COC(=O)Cc1cc(NCCCOC(C)C)c2ccccc2n1. The molecule has 0 fully saturated rings. The third kappa shape index (κ3) is 5.21. The first-order chi connectivity index (χ1) is 11.1. The first kappa shape index (κ1) is 17.2. The normalized spacial score (nSPS) is 11.0. The maximum Gasteiger partial charge on any atom is 0.311 e. The summed E-state index contributed by atoms with van der Waals surface area (Å²) in [6.07, 6.45) is 1.34. The van der Waals surface area contributed by atoms with Gasteiger partial charge in [-0.3, -0.25) is 9.78 Å². The van der Waals surface area contributed by atoms with E-state index in [1.165, 1.54) is 7.11 Å². The number of esters is 1. The van der Waals surface area contributed by atoms with E-state index in [0.717, 1.165) is 36.2 Å². The van der Waals surface area contributed by atoms with Crippen molar-refractivity contribution in [1.29, 1.82) is 0 Å². The Morgan fingerprint density at radius 3 is 2.83 bits per heavy atom. The summed E-state index contributed by atoms with van der Waals surface area (Å²) in [5, 5.41) is 4.47. The Morgan fingerprint density at radius 1 is 1.30 bits per heavy atom. The molecule has 2 aromatic rings. The second kappa shape index (κ2) is 8.48. The average molecular weight is 316 g/mol. The molecule has 0 aliphatic carbocycles. The fourth-order valence-corrected chi connectivity index (χ4v) is 2.30. The van der Waals surface area contributed by atoms with Gasteiger partial charge in [-0.25, -0.2) is 0 Å². The number of benzene rings is 1. The van der Waals surface area contributed by atoms with Crippen molar-refractivity contribution in [3.63, 3.8) is 0 Å². The van der Waals surface area contributed by atoms with Crippen LogP contribution in [0.15, 0.2) is 30.3 Å². The zero-order valence-corrected chi connectivity index (χ0v) is 14.0. The average Bonchev–Trinajstić information content (AvgIpc) is 2.54. The van der Waals surface area contributed by atoms with Gasteiger partial charge in [-0.05, 0) is 32.4 Å². The van der Waals surface area contributed by atoms with Gasteiger partial charge >= 0.3 is 5.97 Å². The molecular formula is C18H24N2O3. The Hall–Kier alpha value is -2.14. The largest absolute Gasteiger partial charge is 0.469 e. The number of anilines is 1. The molecule has 0 amide bonds. The number of aromatic nitrogens is 1. The number of pyridine rings is 1. The number of para-hydroxylation sites is 1. The quantitative estimate of drug-likeness (QED) is 0.599. The van der Waals surface area contributed by atoms with Gasteiger partial charge in [0.25, 0.3) is 0 Å². The summed E-state index contributed by atoms with van der Waals surface area (Å²) < 4.78 is 10.3. The zero-order valence-electron chi connectivity index (χ0n) is 14.0. The lowest BCUT2D eigenvalue weighted by molar-refractivity contribution is -0.139. The van der Waals surface area contributed by atoms with E-state index in [0.29, 0.717) is 5.69 Å². The molecule has 0 spiro atoms. The minimum Gasteiger partial charge on any atom is -0.469 e. The number of rotatable bonds is 8. The van der Waals surface area contributed by atoms with Crippen LogP contribution in [0.2, 0.25) is 0 Å². The van der Waals surface area contributed by atoms with Crippen LogP contribution in [0.5, 0.6) is 0 Å². The van der Waals surface area contributed by atoms with Crippen LogP contribution in [0.25, 0.3) is 10.9 Å². The van der Waals surface area contributed by atoms with E-state index in [-0.39, 0.29) is 18.5 Å². The zero-order chi connectivity index (χ0) is 16.7. The lowest BCUT2D eigenvalue weighted by Crippen LogP contribution is -2.11. The molecule has 0 atom stereocenters. The summed E-state index contributed by atoms with van der Waals surface area (Å²) in [7, 11) is 1.39. The first-order valence-corrected chi connectivity index (χ1v) is 7.91. The fraction of sp³-hybridized carbons (Fsp3) is 0.444. The molecule has 5 heteroatoms. The van der Waals surface area contributed by atoms with Crippen LogP contribution in [0.1, 0.15) is 26.0 Å². The summed E-state index contributed by atoms with van der Waals surface area (Å²) in [6.45, 7) is 5.59. The van der Waals surface area contributed by atoms with E-state index in [1.54, 1.807) is 0 Å². The molecule has 1 aromatic heterocycles. The number of ether oxygens (including phenoxy) is 2. The van der Waals surface area contributed by atoms with E-state index in [2.05, 4.69) is 10.3 Å². The number of methoxy groups -OCH3 is 1. The highest BCUT2D eigenvalue weighted by Gasteiger charge is 2.09. The highest BCUT2D eigenvalue weighted by Crippen LogP contribution is 2.23. The Kier molecular flexibility index (Phi) is 6.35. The van der Waals surface area contributed by atoms with Crippen LogP contribution in [0.3, 0.4) is 0 Å². The number of carbonyl (C=O) groups is 1. The van der Waals surface area contributed by atoms with Gasteiger partial charge in [0.05, 0.1) is 30.8 Å². The molecule has 0 unspecified atom stereocenters. The number of hydrogen-bond acceptors (Lipinski definition) is 5. The number of carbonyl (C=O) groups excluding carboxylic acids is 1. The number of nitrogens with zero attached hydrogens (tertiary/aromatic N) is 1. The molecular weight excluding hydrogens is 292 g/mol. The molecule has 0 aliphatic heterocycles. The molecule has 1 N–H and O–H groups in total. The van der Waals surface area contributed by atoms with Gasteiger partial charge in [-0.1, -0.05) is 18.2 Å². The minimum absolute atomic E-state index is 0.173. The van der Waals surface area contributed by atoms with Gasteiger partial charge < -0.3 is 14.8 Å². The van der Waals surface area contributed by atoms with Gasteiger partial charge in [0.1, 0.15) is 0 Å². The number of nitrogens with one attached hydrogen (secondary N) is 1. The molecule has 23 heavy (non-hydrogen) atoms. The molecule has 1 heterocycles. The number of fused-ring (bicyclic) bond motifs is 1. The van der Waals surface area contributed by atoms with Crippen LogP contribution in [-0.4, -0.2) is 37.3 Å². The van der Waals surface area contributed by atoms with Crippen molar-refractivity contribution >= 4 is 22.6 Å². The van der Waals surface area contributed by atoms with E-state index in [4.69, 9.17) is 9.47 Å². The Morgan fingerprint density at radius 2 is 2.09 bits per heavy atom. The van der Waals surface area contributed by atoms with Crippen LogP contribution >= 0.6 is 0 Å². The topological polar surface area (TPSA) is 60.5 Å². The van der Waals surface area contributed by atoms with E-state index >= 15 is 0 Å². The van der Waals surface area contributed by atoms with Gasteiger partial charge in [0.2, 0.25) is 0 Å². The second-order valence-corrected chi connectivity index (χ2v) is 5.63. The van der Waals surface area contributed by atoms with Gasteiger partial charge in [-0.15, -0.1) is 0 Å². The fourth-order valence-electron chi connectivity index (χ4n) is 2.30. The Bertz CT molecular complexity index is 656. The molecule has 0 aliphatic rings. The second-order valence-electron chi connectivity index (χ2n) is 5.63. The lowest BCUT2D eigenvalue weighted by Gasteiger charge is -2.12. The summed E-state index contributed by atoms with van der Waals surface area (Å²) in [5.41, 5.74) is 2.56. The molecule has 5 nitrogen and oxygen atoms in total. The molecule has 1 aromatic carbocycles. The highest BCUT2D eigenvalue weighted by molar-refractivity contribution is 5.91. The van der Waals surface area contributed by atoms with Gasteiger partial charge in [0, 0.05) is 24.2 Å². The maximum atomic E-state index is 11.5. The minimum atomic E-state index is -0.288. The van der Waals surface area contributed by atoms with E-state index in [1.807, 2.05) is 44.2 Å². The third-order valence-electron chi connectivity index (χ3n) is 3.41. The Labute approximate surface area is 137 Å². The number of hydrogen-bond donors (Lipinski definition) is 1. The van der Waals surface area contributed by atoms with Crippen molar-refractivity contribution in [2.24, 2.45) is 0 Å². The van der Waals surface area contributed by atoms with Crippen molar-refractivity contribution in [1.82, 2.24) is 4.98 Å². The van der Waals surface area contributed by atoms with Gasteiger partial charge in [0.15, 0.2) is 0 Å². The van der Waals surface area contributed by atoms with Crippen LogP contribution in [0, 0.1) is 0 Å². The Balaban J connectivity index is 2.11. The molecule has 124 valence electrons. The highest BCUT2D eigenvalue weighted by atomic mass is 16.5. The van der Waals surface area contributed by atoms with E-state index in [9.17, 15) is 4.79 Å². The van der Waals surface area contributed by atoms with Crippen molar-refractivity contribution in [2.45, 2.75) is 32.8 Å². The monoisotopic (exact) mass is 316 g/mol. The van der Waals surface area contributed by atoms with Crippen molar-refractivity contribution in [2.75, 3.05) is 25.6 Å². The summed E-state index contributed by atoms with van der Waals surface area (Å²) >= 11 is 0. The molecule has 0 bridgehead atoms. The van der Waals surface area contributed by atoms with Crippen molar-refractivity contribution in [3.05, 3.63) is 36.0 Å². The lowest BCUT2D eigenvalue weighted by atomic mass is 10.1. The molecule has 0 radical (unpaired) electrons. The summed E-state index contributed by atoms with van der Waals surface area (Å²) in [6, 6.07) is 9.82.